The zero-order valence-corrected chi connectivity index (χ0v) is 8.93. The topological polar surface area (TPSA) is 111 Å². The van der Waals surface area contributed by atoms with E-state index in [1.807, 2.05) is 6.92 Å². The van der Waals surface area contributed by atoms with E-state index in [2.05, 4.69) is 10.6 Å². The molecule has 90 valence electrons. The van der Waals surface area contributed by atoms with Crippen LogP contribution < -0.4 is 16.4 Å². The van der Waals surface area contributed by atoms with E-state index < -0.39 is 18.2 Å². The lowest BCUT2D eigenvalue weighted by molar-refractivity contribution is 0.0195. The molecule has 5 atom stereocenters. The van der Waals surface area contributed by atoms with Gasteiger partial charge in [-0.05, 0) is 6.42 Å². The Morgan fingerprint density at radius 2 is 1.93 bits per heavy atom. The molecule has 1 aliphatic heterocycles. The van der Waals surface area contributed by atoms with Crippen LogP contribution in [0, 0.1) is 0 Å². The molecule has 1 heterocycles. The highest BCUT2D eigenvalue weighted by atomic mass is 16.3. The van der Waals surface area contributed by atoms with Crippen molar-refractivity contribution in [2.45, 2.75) is 43.8 Å². The quantitative estimate of drug-likeness (QED) is 0.281. The van der Waals surface area contributed by atoms with Gasteiger partial charge in [0.15, 0.2) is 0 Å². The lowest BCUT2D eigenvalue weighted by Gasteiger charge is -2.19. The predicted molar refractivity (Wildman–Crippen MR) is 56.1 cm³/mol. The van der Waals surface area contributed by atoms with Gasteiger partial charge in [-0.25, -0.2) is 0 Å². The lowest BCUT2D eigenvalue weighted by atomic mass is 10.1. The molecular weight excluding hydrogens is 198 g/mol. The maximum absolute atomic E-state index is 9.64. The first-order chi connectivity index (χ1) is 7.10. The third kappa shape index (κ3) is 3.10. The molecule has 1 unspecified atom stereocenters. The largest absolute Gasteiger partial charge is 0.395 e. The van der Waals surface area contributed by atoms with Crippen molar-refractivity contribution in [2.75, 3.05) is 13.2 Å². The molecule has 0 aliphatic carbocycles. The number of hydrogen-bond donors (Lipinski definition) is 6. The molecule has 1 saturated heterocycles. The first kappa shape index (κ1) is 12.8. The molecule has 15 heavy (non-hydrogen) atoms. The maximum Gasteiger partial charge on any atom is 0.0989 e. The van der Waals surface area contributed by atoms with E-state index in [1.54, 1.807) is 0 Å². The fraction of sp³-hybridized carbons (Fsp3) is 1.00. The van der Waals surface area contributed by atoms with Gasteiger partial charge in [0.1, 0.15) is 0 Å². The number of aliphatic hydroxyl groups excluding tert-OH is 3. The van der Waals surface area contributed by atoms with Gasteiger partial charge in [-0.2, -0.15) is 0 Å². The van der Waals surface area contributed by atoms with Gasteiger partial charge in [-0.3, -0.25) is 0 Å². The third-order valence-electron chi connectivity index (χ3n) is 2.84. The molecule has 1 aliphatic rings. The van der Waals surface area contributed by atoms with Crippen molar-refractivity contribution in [2.24, 2.45) is 5.73 Å². The Hall–Kier alpha value is -0.240. The number of hydrogen-bond acceptors (Lipinski definition) is 6. The second-order valence-electron chi connectivity index (χ2n) is 3.97. The van der Waals surface area contributed by atoms with Crippen molar-refractivity contribution in [3.63, 3.8) is 0 Å². The van der Waals surface area contributed by atoms with Gasteiger partial charge in [0.2, 0.25) is 0 Å². The van der Waals surface area contributed by atoms with Gasteiger partial charge in [-0.15, -0.1) is 0 Å². The molecule has 1 fully saturated rings. The molecule has 0 aromatic heterocycles. The minimum atomic E-state index is -0.917. The van der Waals surface area contributed by atoms with E-state index in [0.29, 0.717) is 6.54 Å². The molecule has 6 heteroatoms. The highest BCUT2D eigenvalue weighted by molar-refractivity contribution is 4.98. The third-order valence-corrected chi connectivity index (χ3v) is 2.84. The smallest absolute Gasteiger partial charge is 0.0989 e. The average Bonchev–Trinajstić information content (AvgIpc) is 2.52. The van der Waals surface area contributed by atoms with Crippen LogP contribution in [0.25, 0.3) is 0 Å². The number of aliphatic hydroxyl groups is 3. The van der Waals surface area contributed by atoms with Crippen LogP contribution >= 0.6 is 0 Å². The van der Waals surface area contributed by atoms with Crippen molar-refractivity contribution in [3.05, 3.63) is 0 Å². The van der Waals surface area contributed by atoms with Crippen LogP contribution in [0.5, 0.6) is 0 Å². The Balaban J connectivity index is 2.37. The zero-order valence-electron chi connectivity index (χ0n) is 8.93. The lowest BCUT2D eigenvalue weighted by Crippen LogP contribution is -2.48. The number of rotatable bonds is 5. The highest BCUT2D eigenvalue weighted by Gasteiger charge is 2.40. The SMILES string of the molecule is CCC(N)NC[C@H]1N[C@H](CO)[C@@H](O)[C@@H]1O. The molecular formula is C9H21N3O3. The van der Waals surface area contributed by atoms with Crippen LogP contribution in [0.4, 0.5) is 0 Å². The minimum absolute atomic E-state index is 0.107. The second-order valence-corrected chi connectivity index (χ2v) is 3.97. The highest BCUT2D eigenvalue weighted by Crippen LogP contribution is 2.13. The van der Waals surface area contributed by atoms with Gasteiger partial charge >= 0.3 is 0 Å². The summed E-state index contributed by atoms with van der Waals surface area (Å²) < 4.78 is 0. The fourth-order valence-electron chi connectivity index (χ4n) is 1.71. The van der Waals surface area contributed by atoms with Crippen molar-refractivity contribution in [1.82, 2.24) is 10.6 Å². The molecule has 0 saturated carbocycles. The van der Waals surface area contributed by atoms with Crippen molar-refractivity contribution < 1.29 is 15.3 Å². The maximum atomic E-state index is 9.64. The summed E-state index contributed by atoms with van der Waals surface area (Å²) >= 11 is 0. The first-order valence-electron chi connectivity index (χ1n) is 5.32. The Bertz CT molecular complexity index is 193. The summed E-state index contributed by atoms with van der Waals surface area (Å²) in [5.74, 6) is 0. The van der Waals surface area contributed by atoms with Gasteiger partial charge in [0.05, 0.1) is 31.0 Å². The zero-order chi connectivity index (χ0) is 11.4. The Morgan fingerprint density at radius 1 is 1.33 bits per heavy atom. The van der Waals surface area contributed by atoms with Crippen LogP contribution in [0.2, 0.25) is 0 Å². The Labute approximate surface area is 89.5 Å². The first-order valence-corrected chi connectivity index (χ1v) is 5.32. The monoisotopic (exact) mass is 219 g/mol. The fourth-order valence-corrected chi connectivity index (χ4v) is 1.71. The molecule has 7 N–H and O–H groups in total. The van der Waals surface area contributed by atoms with Crippen molar-refractivity contribution >= 4 is 0 Å². The summed E-state index contributed by atoms with van der Waals surface area (Å²) in [5, 5.41) is 34.1. The second kappa shape index (κ2) is 5.74. The Kier molecular flexibility index (Phi) is 4.91. The van der Waals surface area contributed by atoms with Gasteiger partial charge in [0.25, 0.3) is 0 Å². The summed E-state index contributed by atoms with van der Waals surface area (Å²) in [6, 6.07) is -0.723. The van der Waals surface area contributed by atoms with Gasteiger partial charge in [-0.1, -0.05) is 6.92 Å². The normalized spacial score (nSPS) is 38.2. The molecule has 0 spiro atoms. The summed E-state index contributed by atoms with van der Waals surface area (Å²) in [4.78, 5) is 0. The van der Waals surface area contributed by atoms with E-state index in [-0.39, 0.29) is 18.8 Å². The number of nitrogens with one attached hydrogen (secondary N) is 2. The van der Waals surface area contributed by atoms with Crippen LogP contribution in [0.15, 0.2) is 0 Å². The van der Waals surface area contributed by atoms with Crippen LogP contribution in [-0.4, -0.2) is 58.9 Å². The van der Waals surface area contributed by atoms with Crippen molar-refractivity contribution in [1.29, 1.82) is 0 Å². The van der Waals surface area contributed by atoms with Crippen molar-refractivity contribution in [3.8, 4) is 0 Å². The van der Waals surface area contributed by atoms with Crippen LogP contribution in [0.1, 0.15) is 13.3 Å². The molecule has 0 bridgehead atoms. The predicted octanol–water partition coefficient (Wildman–Crippen LogP) is -2.67. The summed E-state index contributed by atoms with van der Waals surface area (Å²) in [6.07, 6.45) is -1.09. The molecule has 0 aromatic rings. The number of nitrogens with two attached hydrogens (primary N) is 1. The Morgan fingerprint density at radius 3 is 2.40 bits per heavy atom. The summed E-state index contributed by atoms with van der Waals surface area (Å²) in [7, 11) is 0. The van der Waals surface area contributed by atoms with E-state index in [1.165, 1.54) is 0 Å². The van der Waals surface area contributed by atoms with E-state index in [9.17, 15) is 10.2 Å². The van der Waals surface area contributed by atoms with E-state index >= 15 is 0 Å². The summed E-state index contributed by atoms with van der Waals surface area (Å²) in [5.41, 5.74) is 5.67. The minimum Gasteiger partial charge on any atom is -0.395 e. The van der Waals surface area contributed by atoms with E-state index in [4.69, 9.17) is 10.8 Å². The molecule has 0 amide bonds. The van der Waals surface area contributed by atoms with Crippen LogP contribution in [0.3, 0.4) is 0 Å². The van der Waals surface area contributed by atoms with Crippen LogP contribution in [-0.2, 0) is 0 Å². The molecule has 1 rings (SSSR count). The average molecular weight is 219 g/mol. The van der Waals surface area contributed by atoms with Gasteiger partial charge < -0.3 is 31.7 Å². The van der Waals surface area contributed by atoms with Gasteiger partial charge in [0, 0.05) is 12.6 Å². The summed E-state index contributed by atoms with van der Waals surface area (Å²) in [6.45, 7) is 2.25. The standard InChI is InChI=1S/C9H21N3O3/c1-2-7(10)11-3-5-8(14)9(15)6(4-13)12-5/h5-9,11-15H,2-4,10H2,1H3/t5-,6-,7?,8-,9-/m1/s1. The molecule has 6 nitrogen and oxygen atoms in total. The molecule has 0 aromatic carbocycles. The molecule has 0 radical (unpaired) electrons. The van der Waals surface area contributed by atoms with E-state index in [0.717, 1.165) is 6.42 Å².